The van der Waals surface area contributed by atoms with Gasteiger partial charge in [-0.05, 0) is 0 Å². The van der Waals surface area contributed by atoms with Crippen LogP contribution in [0.15, 0.2) is 12.4 Å². The number of rotatable bonds is 4. The van der Waals surface area contributed by atoms with E-state index in [9.17, 15) is 9.59 Å². The molecule has 0 aliphatic carbocycles. The Morgan fingerprint density at radius 2 is 2.21 bits per heavy atom. The first-order chi connectivity index (χ1) is 6.50. The summed E-state index contributed by atoms with van der Waals surface area (Å²) in [5, 5.41) is 21.1. The highest BCUT2D eigenvalue weighted by atomic mass is 16.4. The van der Waals surface area contributed by atoms with Crippen molar-refractivity contribution in [1.82, 2.24) is 9.78 Å². The molecule has 2 N–H and O–H groups in total. The molecule has 1 atom stereocenters. The molecule has 14 heavy (non-hydrogen) atoms. The Bertz CT molecular complexity index is 358. The maximum Gasteiger partial charge on any atom is 0.311 e. The molecule has 0 fully saturated rings. The maximum absolute atomic E-state index is 10.7. The van der Waals surface area contributed by atoms with Crippen molar-refractivity contribution in [2.24, 2.45) is 7.05 Å². The zero-order valence-corrected chi connectivity index (χ0v) is 7.54. The van der Waals surface area contributed by atoms with E-state index in [0.717, 1.165) is 0 Å². The predicted octanol–water partition coefficient (Wildman–Crippen LogP) is 0.0630. The summed E-state index contributed by atoms with van der Waals surface area (Å²) in [6, 6.07) is 0. The maximum atomic E-state index is 10.7. The van der Waals surface area contributed by atoms with Crippen molar-refractivity contribution < 1.29 is 19.8 Å². The first-order valence-electron chi connectivity index (χ1n) is 3.94. The van der Waals surface area contributed by atoms with Gasteiger partial charge in [0.25, 0.3) is 0 Å². The number of hydrogen-bond donors (Lipinski definition) is 2. The Morgan fingerprint density at radius 3 is 2.57 bits per heavy atom. The molecule has 6 heteroatoms. The third-order valence-electron chi connectivity index (χ3n) is 1.80. The van der Waals surface area contributed by atoms with Gasteiger partial charge >= 0.3 is 11.9 Å². The standard InChI is InChI=1S/C8H10N2O4/c1-10-4-5(3-9-10)6(8(13)14)2-7(11)12/h3-4,6H,2H2,1H3,(H,11,12)(H,13,14). The molecule has 0 amide bonds. The van der Waals surface area contributed by atoms with E-state index < -0.39 is 24.3 Å². The van der Waals surface area contributed by atoms with Crippen molar-refractivity contribution in [1.29, 1.82) is 0 Å². The molecule has 0 aliphatic heterocycles. The molecule has 1 aromatic heterocycles. The smallest absolute Gasteiger partial charge is 0.311 e. The number of hydrogen-bond acceptors (Lipinski definition) is 3. The molecule has 0 aliphatic rings. The fourth-order valence-electron chi connectivity index (χ4n) is 1.14. The molecule has 0 saturated carbocycles. The largest absolute Gasteiger partial charge is 0.481 e. The number of aliphatic carboxylic acids is 2. The van der Waals surface area contributed by atoms with Crippen LogP contribution in [-0.2, 0) is 16.6 Å². The SMILES string of the molecule is Cn1cc(C(CC(=O)O)C(=O)O)cn1. The summed E-state index contributed by atoms with van der Waals surface area (Å²) in [5.74, 6) is -3.32. The predicted molar refractivity (Wildman–Crippen MR) is 45.8 cm³/mol. The number of aryl methyl sites for hydroxylation is 1. The van der Waals surface area contributed by atoms with Crippen molar-refractivity contribution in [3.05, 3.63) is 18.0 Å². The zero-order valence-electron chi connectivity index (χ0n) is 7.54. The van der Waals surface area contributed by atoms with Crippen LogP contribution in [0, 0.1) is 0 Å². The lowest BCUT2D eigenvalue weighted by Gasteiger charge is -2.05. The van der Waals surface area contributed by atoms with Crippen molar-refractivity contribution in [3.8, 4) is 0 Å². The minimum absolute atomic E-state index is 0.405. The first-order valence-corrected chi connectivity index (χ1v) is 3.94. The molecule has 0 aromatic carbocycles. The van der Waals surface area contributed by atoms with Gasteiger partial charge in [-0.15, -0.1) is 0 Å². The Balaban J connectivity index is 2.88. The molecule has 1 heterocycles. The van der Waals surface area contributed by atoms with E-state index in [2.05, 4.69) is 5.10 Å². The second kappa shape index (κ2) is 3.91. The van der Waals surface area contributed by atoms with E-state index in [1.165, 1.54) is 17.1 Å². The lowest BCUT2D eigenvalue weighted by Crippen LogP contribution is -2.15. The van der Waals surface area contributed by atoms with E-state index in [0.29, 0.717) is 5.56 Å². The van der Waals surface area contributed by atoms with Crippen LogP contribution in [0.1, 0.15) is 17.9 Å². The highest BCUT2D eigenvalue weighted by Crippen LogP contribution is 2.18. The van der Waals surface area contributed by atoms with E-state index in [1.54, 1.807) is 7.05 Å². The van der Waals surface area contributed by atoms with Crippen LogP contribution in [-0.4, -0.2) is 31.9 Å². The van der Waals surface area contributed by atoms with Crippen LogP contribution >= 0.6 is 0 Å². The summed E-state index contributed by atoms with van der Waals surface area (Å²) in [6.45, 7) is 0. The average molecular weight is 198 g/mol. The summed E-state index contributed by atoms with van der Waals surface area (Å²) >= 11 is 0. The van der Waals surface area contributed by atoms with Gasteiger partial charge in [-0.2, -0.15) is 5.10 Å². The van der Waals surface area contributed by atoms with Crippen LogP contribution in [0.2, 0.25) is 0 Å². The second-order valence-corrected chi connectivity index (χ2v) is 2.94. The minimum Gasteiger partial charge on any atom is -0.481 e. The Kier molecular flexibility index (Phi) is 2.85. The van der Waals surface area contributed by atoms with E-state index in [4.69, 9.17) is 10.2 Å². The summed E-state index contributed by atoms with van der Waals surface area (Å²) < 4.78 is 1.44. The molecule has 76 valence electrons. The third kappa shape index (κ3) is 2.32. The van der Waals surface area contributed by atoms with Gasteiger partial charge in [0.2, 0.25) is 0 Å². The van der Waals surface area contributed by atoms with Gasteiger partial charge in [-0.25, -0.2) is 0 Å². The summed E-state index contributed by atoms with van der Waals surface area (Å²) in [6.07, 6.45) is 2.43. The van der Waals surface area contributed by atoms with Crippen molar-refractivity contribution in [3.63, 3.8) is 0 Å². The van der Waals surface area contributed by atoms with Gasteiger partial charge in [0.15, 0.2) is 0 Å². The average Bonchev–Trinajstić information content (AvgIpc) is 2.46. The molecular formula is C8H10N2O4. The lowest BCUT2D eigenvalue weighted by molar-refractivity contribution is -0.145. The lowest BCUT2D eigenvalue weighted by atomic mass is 9.99. The Labute approximate surface area is 79.8 Å². The summed E-state index contributed by atoms with van der Waals surface area (Å²) in [4.78, 5) is 21.1. The van der Waals surface area contributed by atoms with Gasteiger partial charge in [-0.3, -0.25) is 14.3 Å². The molecule has 1 rings (SSSR count). The van der Waals surface area contributed by atoms with Gasteiger partial charge in [-0.1, -0.05) is 0 Å². The van der Waals surface area contributed by atoms with Gasteiger partial charge < -0.3 is 10.2 Å². The molecular weight excluding hydrogens is 188 g/mol. The fraction of sp³-hybridized carbons (Fsp3) is 0.375. The van der Waals surface area contributed by atoms with E-state index in [1.807, 2.05) is 0 Å². The van der Waals surface area contributed by atoms with Crippen molar-refractivity contribution >= 4 is 11.9 Å². The third-order valence-corrected chi connectivity index (χ3v) is 1.80. The molecule has 0 saturated heterocycles. The molecule has 0 bridgehead atoms. The van der Waals surface area contributed by atoms with E-state index >= 15 is 0 Å². The van der Waals surface area contributed by atoms with Crippen molar-refractivity contribution in [2.75, 3.05) is 0 Å². The highest BCUT2D eigenvalue weighted by Gasteiger charge is 2.24. The normalized spacial score (nSPS) is 12.4. The first kappa shape index (κ1) is 10.2. The van der Waals surface area contributed by atoms with Gasteiger partial charge in [0.1, 0.15) is 0 Å². The number of aromatic nitrogens is 2. The Morgan fingerprint density at radius 1 is 1.57 bits per heavy atom. The summed E-state index contributed by atoms with van der Waals surface area (Å²) in [5.41, 5.74) is 0.405. The zero-order chi connectivity index (χ0) is 10.7. The molecule has 6 nitrogen and oxygen atoms in total. The highest BCUT2D eigenvalue weighted by molar-refractivity contribution is 5.82. The van der Waals surface area contributed by atoms with Crippen LogP contribution < -0.4 is 0 Å². The monoisotopic (exact) mass is 198 g/mol. The van der Waals surface area contributed by atoms with Crippen LogP contribution in [0.4, 0.5) is 0 Å². The van der Waals surface area contributed by atoms with Crippen LogP contribution in [0.25, 0.3) is 0 Å². The van der Waals surface area contributed by atoms with Gasteiger partial charge in [0, 0.05) is 18.8 Å². The molecule has 0 radical (unpaired) electrons. The van der Waals surface area contributed by atoms with Gasteiger partial charge in [0.05, 0.1) is 18.5 Å². The van der Waals surface area contributed by atoms with E-state index in [-0.39, 0.29) is 0 Å². The minimum atomic E-state index is -1.15. The Hall–Kier alpha value is -1.85. The molecule has 0 spiro atoms. The number of carboxylic acids is 2. The van der Waals surface area contributed by atoms with Crippen molar-refractivity contribution in [2.45, 2.75) is 12.3 Å². The number of carbonyl (C=O) groups is 2. The molecule has 1 unspecified atom stereocenters. The topological polar surface area (TPSA) is 92.4 Å². The number of nitrogens with zero attached hydrogens (tertiary/aromatic N) is 2. The quantitative estimate of drug-likeness (QED) is 0.713. The fourth-order valence-corrected chi connectivity index (χ4v) is 1.14. The van der Waals surface area contributed by atoms with Crippen LogP contribution in [0.3, 0.4) is 0 Å². The number of carboxylic acid groups (broad SMARTS) is 2. The van der Waals surface area contributed by atoms with Crippen LogP contribution in [0.5, 0.6) is 0 Å². The summed E-state index contributed by atoms with van der Waals surface area (Å²) in [7, 11) is 1.64. The second-order valence-electron chi connectivity index (χ2n) is 2.94. The molecule has 1 aromatic rings.